The third-order valence-electron chi connectivity index (χ3n) is 4.51. The largest absolute Gasteiger partial charge is 0.492 e. The predicted molar refractivity (Wildman–Crippen MR) is 100 cm³/mol. The maximum Gasteiger partial charge on any atom is 0.471 e. The maximum atomic E-state index is 12.8. The molecule has 1 aliphatic rings. The molecule has 2 aromatic carbocycles. The highest BCUT2D eigenvalue weighted by Crippen LogP contribution is 2.36. The summed E-state index contributed by atoms with van der Waals surface area (Å²) >= 11 is 0. The number of benzene rings is 2. The molecule has 0 bridgehead atoms. The topological polar surface area (TPSA) is 75.7 Å². The summed E-state index contributed by atoms with van der Waals surface area (Å²) in [6.45, 7) is 1.37. The van der Waals surface area contributed by atoms with Gasteiger partial charge in [-0.15, -0.1) is 0 Å². The van der Waals surface area contributed by atoms with Crippen LogP contribution < -0.4 is 14.4 Å². The van der Waals surface area contributed by atoms with Crippen molar-refractivity contribution < 1.29 is 35.5 Å². The highest BCUT2D eigenvalue weighted by Gasteiger charge is 2.47. The molecule has 30 heavy (non-hydrogen) atoms. The van der Waals surface area contributed by atoms with Crippen LogP contribution in [0.25, 0.3) is 0 Å². The normalized spacial score (nSPS) is 16.4. The number of alkyl halides is 3. The van der Waals surface area contributed by atoms with Gasteiger partial charge in [0.15, 0.2) is 0 Å². The van der Waals surface area contributed by atoms with E-state index in [1.807, 2.05) is 0 Å². The number of fused-ring (bicyclic) bond motifs is 1. The van der Waals surface area contributed by atoms with Crippen molar-refractivity contribution in [2.45, 2.75) is 30.5 Å². The van der Waals surface area contributed by atoms with E-state index < -0.39 is 34.0 Å². The molecule has 0 spiro atoms. The first-order valence-electron chi connectivity index (χ1n) is 8.90. The summed E-state index contributed by atoms with van der Waals surface area (Å²) in [7, 11) is -3.94. The average Bonchev–Trinajstić information content (AvgIpc) is 3.00. The number of anilines is 1. The van der Waals surface area contributed by atoms with E-state index in [0.717, 1.165) is 6.07 Å². The van der Waals surface area contributed by atoms with E-state index in [9.17, 15) is 30.8 Å². The lowest BCUT2D eigenvalue weighted by Crippen LogP contribution is -2.44. The Morgan fingerprint density at radius 1 is 1.20 bits per heavy atom. The fourth-order valence-corrected chi connectivity index (χ4v) is 4.24. The summed E-state index contributed by atoms with van der Waals surface area (Å²) in [5, 5.41) is 0. The molecule has 3 rings (SSSR count). The van der Waals surface area contributed by atoms with Gasteiger partial charge in [-0.3, -0.25) is 4.79 Å². The lowest BCUT2D eigenvalue weighted by molar-refractivity contribution is -0.170. The summed E-state index contributed by atoms with van der Waals surface area (Å²) in [6.07, 6.45) is -4.92. The highest BCUT2D eigenvalue weighted by molar-refractivity contribution is 7.89. The molecule has 1 atom stereocenters. The molecule has 0 fully saturated rings. The average molecular weight is 446 g/mol. The van der Waals surface area contributed by atoms with Crippen molar-refractivity contribution in [1.82, 2.24) is 4.72 Å². The summed E-state index contributed by atoms with van der Waals surface area (Å²) in [4.78, 5) is 12.2. The number of halogens is 4. The number of hydrogen-bond acceptors (Lipinski definition) is 4. The van der Waals surface area contributed by atoms with Crippen LogP contribution in [0.4, 0.5) is 23.2 Å². The molecule has 2 aromatic rings. The minimum absolute atomic E-state index is 0.0132. The zero-order valence-electron chi connectivity index (χ0n) is 15.7. The van der Waals surface area contributed by atoms with Gasteiger partial charge >= 0.3 is 12.1 Å². The van der Waals surface area contributed by atoms with Gasteiger partial charge in [0.1, 0.15) is 18.2 Å². The molecular weight excluding hydrogens is 428 g/mol. The second kappa shape index (κ2) is 8.23. The number of nitrogens with zero attached hydrogens (tertiary/aromatic N) is 1. The second-order valence-corrected chi connectivity index (χ2v) is 8.48. The van der Waals surface area contributed by atoms with Crippen molar-refractivity contribution >= 4 is 21.6 Å². The van der Waals surface area contributed by atoms with E-state index >= 15 is 0 Å². The Kier molecular flexibility index (Phi) is 6.04. The van der Waals surface area contributed by atoms with Crippen LogP contribution in [0, 0.1) is 5.82 Å². The number of carbonyl (C=O) groups excluding carboxylic acids is 1. The van der Waals surface area contributed by atoms with E-state index in [-0.39, 0.29) is 30.2 Å². The van der Waals surface area contributed by atoms with Crippen molar-refractivity contribution in [3.05, 3.63) is 53.8 Å². The third kappa shape index (κ3) is 4.73. The van der Waals surface area contributed by atoms with Gasteiger partial charge in [-0.1, -0.05) is 0 Å². The van der Waals surface area contributed by atoms with Crippen LogP contribution in [-0.2, 0) is 21.2 Å². The summed E-state index contributed by atoms with van der Waals surface area (Å²) in [5.41, 5.74) is 0.383. The number of carbonyl (C=O) groups is 1. The van der Waals surface area contributed by atoms with E-state index in [1.165, 1.54) is 43.3 Å². The number of hydrogen-bond donors (Lipinski definition) is 1. The van der Waals surface area contributed by atoms with Gasteiger partial charge in [-0.05, 0) is 61.4 Å². The Morgan fingerprint density at radius 3 is 2.50 bits per heavy atom. The SMILES string of the molecule is CC1Cc2cc(S(=O)(=O)NCCOc3ccc(F)cc3)ccc2N1C(=O)C(F)(F)F. The fraction of sp³-hybridized carbons (Fsp3) is 0.316. The molecule has 1 amide bonds. The van der Waals surface area contributed by atoms with Gasteiger partial charge in [0, 0.05) is 18.3 Å². The summed E-state index contributed by atoms with van der Waals surface area (Å²) in [6, 6.07) is 8.08. The summed E-state index contributed by atoms with van der Waals surface area (Å²) < 4.78 is 83.9. The predicted octanol–water partition coefficient (Wildman–Crippen LogP) is 3.02. The van der Waals surface area contributed by atoms with E-state index in [2.05, 4.69) is 4.72 Å². The molecule has 1 unspecified atom stereocenters. The molecule has 0 aliphatic carbocycles. The van der Waals surface area contributed by atoms with E-state index in [4.69, 9.17) is 4.74 Å². The first-order valence-corrected chi connectivity index (χ1v) is 10.4. The van der Waals surface area contributed by atoms with Crippen molar-refractivity contribution in [1.29, 1.82) is 0 Å². The molecule has 0 radical (unpaired) electrons. The molecule has 162 valence electrons. The van der Waals surface area contributed by atoms with Crippen molar-refractivity contribution in [3.8, 4) is 5.75 Å². The van der Waals surface area contributed by atoms with Crippen LogP contribution in [0.5, 0.6) is 5.75 Å². The Balaban J connectivity index is 1.67. The molecule has 6 nitrogen and oxygen atoms in total. The van der Waals surface area contributed by atoms with Crippen LogP contribution in [0.1, 0.15) is 12.5 Å². The highest BCUT2D eigenvalue weighted by atomic mass is 32.2. The Bertz CT molecular complexity index is 1040. The lowest BCUT2D eigenvalue weighted by atomic mass is 10.1. The number of nitrogens with one attached hydrogen (secondary N) is 1. The number of sulfonamides is 1. The van der Waals surface area contributed by atoms with Gasteiger partial charge in [0.25, 0.3) is 0 Å². The monoisotopic (exact) mass is 446 g/mol. The molecule has 1 heterocycles. The van der Waals surface area contributed by atoms with Gasteiger partial charge in [-0.2, -0.15) is 13.2 Å². The van der Waals surface area contributed by atoms with Gasteiger partial charge in [0.05, 0.1) is 4.90 Å². The van der Waals surface area contributed by atoms with Crippen LogP contribution in [0.3, 0.4) is 0 Å². The second-order valence-electron chi connectivity index (χ2n) is 6.72. The molecule has 1 aliphatic heterocycles. The molecule has 0 aromatic heterocycles. The quantitative estimate of drug-likeness (QED) is 0.547. The van der Waals surface area contributed by atoms with Crippen molar-refractivity contribution in [3.63, 3.8) is 0 Å². The number of amides is 1. The van der Waals surface area contributed by atoms with Crippen LogP contribution >= 0.6 is 0 Å². The molecule has 1 N–H and O–H groups in total. The molecule has 11 heteroatoms. The zero-order valence-corrected chi connectivity index (χ0v) is 16.6. The Labute approximate surface area is 170 Å². The van der Waals surface area contributed by atoms with E-state index in [0.29, 0.717) is 16.2 Å². The van der Waals surface area contributed by atoms with E-state index in [1.54, 1.807) is 0 Å². The van der Waals surface area contributed by atoms with Gasteiger partial charge < -0.3 is 9.64 Å². The molecule has 0 saturated carbocycles. The van der Waals surface area contributed by atoms with Crippen molar-refractivity contribution in [2.75, 3.05) is 18.1 Å². The standard InChI is InChI=1S/C19H18F4N2O4S/c1-12-10-13-11-16(6-7-17(13)25(12)18(26)19(21,22)23)30(27,28)24-8-9-29-15-4-2-14(20)3-5-15/h2-7,11-12,24H,8-10H2,1H3. The van der Waals surface area contributed by atoms with Crippen LogP contribution in [0.2, 0.25) is 0 Å². The van der Waals surface area contributed by atoms with Gasteiger partial charge in [-0.25, -0.2) is 17.5 Å². The smallest absolute Gasteiger partial charge is 0.471 e. The molecule has 0 saturated heterocycles. The maximum absolute atomic E-state index is 12.8. The van der Waals surface area contributed by atoms with Crippen molar-refractivity contribution in [2.24, 2.45) is 0 Å². The Hall–Kier alpha value is -2.66. The first kappa shape index (κ1) is 22.0. The minimum Gasteiger partial charge on any atom is -0.492 e. The minimum atomic E-state index is -5.02. The van der Waals surface area contributed by atoms with Gasteiger partial charge in [0.2, 0.25) is 10.0 Å². The van der Waals surface area contributed by atoms with Crippen LogP contribution in [-0.4, -0.2) is 39.7 Å². The zero-order chi connectivity index (χ0) is 22.1. The first-order chi connectivity index (χ1) is 14.0. The fourth-order valence-electron chi connectivity index (χ4n) is 3.18. The lowest BCUT2D eigenvalue weighted by Gasteiger charge is -2.23. The third-order valence-corrected chi connectivity index (χ3v) is 5.97. The molecular formula is C19H18F4N2O4S. The Morgan fingerprint density at radius 2 is 1.87 bits per heavy atom. The van der Waals surface area contributed by atoms with Crippen LogP contribution in [0.15, 0.2) is 47.4 Å². The number of ether oxygens (including phenoxy) is 1. The number of rotatable bonds is 6. The summed E-state index contributed by atoms with van der Waals surface area (Å²) in [5.74, 6) is -2.04.